The molecule has 1 aromatic carbocycles. The summed E-state index contributed by atoms with van der Waals surface area (Å²) >= 11 is 1.75. The molecule has 1 aromatic heterocycles. The summed E-state index contributed by atoms with van der Waals surface area (Å²) in [5, 5.41) is 3.72. The summed E-state index contributed by atoms with van der Waals surface area (Å²) in [5.74, 6) is 0.587. The molecule has 0 aliphatic carbocycles. The van der Waals surface area contributed by atoms with Crippen molar-refractivity contribution in [2.24, 2.45) is 5.73 Å². The minimum atomic E-state index is -0.490. The third-order valence-electron chi connectivity index (χ3n) is 4.80. The summed E-state index contributed by atoms with van der Waals surface area (Å²) in [5.41, 5.74) is 6.08. The van der Waals surface area contributed by atoms with Gasteiger partial charge in [0, 0.05) is 32.0 Å². The molecule has 3 rings (SSSR count). The van der Waals surface area contributed by atoms with Crippen molar-refractivity contribution in [3.05, 3.63) is 29.3 Å². The molecule has 0 saturated carbocycles. The van der Waals surface area contributed by atoms with E-state index in [-0.39, 0.29) is 5.91 Å². The van der Waals surface area contributed by atoms with Crippen LogP contribution in [0.1, 0.15) is 49.5 Å². The van der Waals surface area contributed by atoms with Gasteiger partial charge in [-0.2, -0.15) is 0 Å². The van der Waals surface area contributed by atoms with Crippen LogP contribution in [0.3, 0.4) is 0 Å². The van der Waals surface area contributed by atoms with Crippen LogP contribution < -0.4 is 11.1 Å². The lowest BCUT2D eigenvalue weighted by Gasteiger charge is -2.32. The highest BCUT2D eigenvalue weighted by Crippen LogP contribution is 2.33. The number of carbonyl (C=O) groups is 2. The Balaban J connectivity index is 1.47. The van der Waals surface area contributed by atoms with Crippen LogP contribution in [0.15, 0.2) is 24.3 Å². The van der Waals surface area contributed by atoms with E-state index in [0.29, 0.717) is 18.9 Å². The van der Waals surface area contributed by atoms with Crippen LogP contribution in [0.5, 0.6) is 0 Å². The van der Waals surface area contributed by atoms with Crippen molar-refractivity contribution in [3.8, 4) is 0 Å². The van der Waals surface area contributed by atoms with Crippen LogP contribution in [-0.4, -0.2) is 41.5 Å². The second-order valence-electron chi connectivity index (χ2n) is 6.80. The molecule has 2 aromatic rings. The number of benzene rings is 1. The van der Waals surface area contributed by atoms with Crippen molar-refractivity contribution in [2.75, 3.05) is 19.6 Å². The van der Waals surface area contributed by atoms with Gasteiger partial charge in [0.2, 0.25) is 5.91 Å². The molecule has 140 valence electrons. The topological polar surface area (TPSA) is 88.3 Å². The number of thiazole rings is 1. The average Bonchev–Trinajstić information content (AvgIpc) is 3.08. The molecule has 0 bridgehead atoms. The number of piperidine rings is 1. The Hall–Kier alpha value is -2.15. The molecule has 3 amide bonds. The molecule has 2 heterocycles. The second-order valence-corrected chi connectivity index (χ2v) is 7.86. The van der Waals surface area contributed by atoms with Crippen molar-refractivity contribution in [1.29, 1.82) is 0 Å². The highest BCUT2D eigenvalue weighted by Gasteiger charge is 2.26. The Morgan fingerprint density at radius 2 is 2.12 bits per heavy atom. The SMILES string of the molecule is NC(=O)NCCCCCC(=O)N1CCC[C@@H](c2nc3ccccc3s2)C1. The highest BCUT2D eigenvalue weighted by atomic mass is 32.1. The first-order chi connectivity index (χ1) is 12.6. The monoisotopic (exact) mass is 374 g/mol. The van der Waals surface area contributed by atoms with Crippen LogP contribution in [0.2, 0.25) is 0 Å². The zero-order valence-corrected chi connectivity index (χ0v) is 15.8. The molecule has 0 spiro atoms. The lowest BCUT2D eigenvalue weighted by atomic mass is 9.98. The maximum atomic E-state index is 12.5. The van der Waals surface area contributed by atoms with E-state index >= 15 is 0 Å². The fourth-order valence-corrected chi connectivity index (χ4v) is 4.51. The minimum Gasteiger partial charge on any atom is -0.352 e. The number of primary amides is 1. The van der Waals surface area contributed by atoms with Gasteiger partial charge in [-0.25, -0.2) is 9.78 Å². The quantitative estimate of drug-likeness (QED) is 0.729. The highest BCUT2D eigenvalue weighted by molar-refractivity contribution is 7.18. The normalized spacial score (nSPS) is 17.4. The number of nitrogens with one attached hydrogen (secondary N) is 1. The van der Waals surface area contributed by atoms with Gasteiger partial charge in [0.15, 0.2) is 0 Å². The molecule has 1 aliphatic rings. The third-order valence-corrected chi connectivity index (χ3v) is 6.00. The van der Waals surface area contributed by atoms with E-state index in [1.165, 1.54) is 4.70 Å². The largest absolute Gasteiger partial charge is 0.352 e. The molecule has 1 saturated heterocycles. The number of para-hydroxylation sites is 1. The summed E-state index contributed by atoms with van der Waals surface area (Å²) < 4.78 is 1.22. The summed E-state index contributed by atoms with van der Waals surface area (Å²) in [6, 6.07) is 7.72. The number of unbranched alkanes of at least 4 members (excludes halogenated alkanes) is 2. The van der Waals surface area contributed by atoms with Crippen LogP contribution in [0, 0.1) is 0 Å². The van der Waals surface area contributed by atoms with Crippen molar-refractivity contribution >= 4 is 33.5 Å². The first-order valence-corrected chi connectivity index (χ1v) is 10.1. The fourth-order valence-electron chi connectivity index (χ4n) is 3.42. The van der Waals surface area contributed by atoms with Crippen molar-refractivity contribution in [2.45, 2.75) is 44.4 Å². The predicted octanol–water partition coefficient (Wildman–Crippen LogP) is 3.23. The summed E-state index contributed by atoms with van der Waals surface area (Å²) in [6.07, 6.45) is 5.33. The lowest BCUT2D eigenvalue weighted by molar-refractivity contribution is -0.132. The standard InChI is InChI=1S/C19H26N4O2S/c20-19(25)21-11-5-1-2-10-17(24)23-12-6-7-14(13-23)18-22-15-8-3-4-9-16(15)26-18/h3-4,8-9,14H,1-2,5-7,10-13H2,(H3,20,21,25)/t14-/m1/s1. The molecule has 1 aliphatic heterocycles. The van der Waals surface area contributed by atoms with Gasteiger partial charge in [-0.15, -0.1) is 11.3 Å². The number of rotatable bonds is 7. The number of likely N-dealkylation sites (tertiary alicyclic amines) is 1. The second kappa shape index (κ2) is 8.98. The zero-order chi connectivity index (χ0) is 18.4. The summed E-state index contributed by atoms with van der Waals surface area (Å²) in [4.78, 5) is 29.9. The number of nitrogens with two attached hydrogens (primary N) is 1. The Morgan fingerprint density at radius 3 is 2.92 bits per heavy atom. The minimum absolute atomic E-state index is 0.235. The van der Waals surface area contributed by atoms with E-state index in [2.05, 4.69) is 11.4 Å². The van der Waals surface area contributed by atoms with Gasteiger partial charge in [0.25, 0.3) is 0 Å². The Labute approximate surface area is 157 Å². The number of hydrogen-bond acceptors (Lipinski definition) is 4. The van der Waals surface area contributed by atoms with E-state index in [1.807, 2.05) is 23.1 Å². The number of fused-ring (bicyclic) bond motifs is 1. The van der Waals surface area contributed by atoms with Gasteiger partial charge in [0.05, 0.1) is 15.2 Å². The lowest BCUT2D eigenvalue weighted by Crippen LogP contribution is -2.39. The van der Waals surface area contributed by atoms with Crippen molar-refractivity contribution in [3.63, 3.8) is 0 Å². The van der Waals surface area contributed by atoms with E-state index in [0.717, 1.165) is 55.7 Å². The fraction of sp³-hybridized carbons (Fsp3) is 0.526. The van der Waals surface area contributed by atoms with E-state index in [1.54, 1.807) is 11.3 Å². The zero-order valence-electron chi connectivity index (χ0n) is 14.9. The van der Waals surface area contributed by atoms with E-state index in [4.69, 9.17) is 10.7 Å². The average molecular weight is 375 g/mol. The summed E-state index contributed by atoms with van der Waals surface area (Å²) in [7, 11) is 0. The van der Waals surface area contributed by atoms with Gasteiger partial charge in [0.1, 0.15) is 0 Å². The Bertz CT molecular complexity index is 728. The van der Waals surface area contributed by atoms with Gasteiger partial charge in [-0.05, 0) is 37.8 Å². The molecular formula is C19H26N4O2S. The maximum absolute atomic E-state index is 12.5. The number of hydrogen-bond donors (Lipinski definition) is 2. The van der Waals surface area contributed by atoms with Crippen molar-refractivity contribution < 1.29 is 9.59 Å². The molecule has 0 radical (unpaired) electrons. The first-order valence-electron chi connectivity index (χ1n) is 9.30. The van der Waals surface area contributed by atoms with Gasteiger partial charge < -0.3 is 16.0 Å². The molecule has 7 heteroatoms. The number of urea groups is 1. The van der Waals surface area contributed by atoms with Crippen LogP contribution in [0.25, 0.3) is 10.2 Å². The molecule has 1 atom stereocenters. The van der Waals surface area contributed by atoms with Crippen LogP contribution >= 0.6 is 11.3 Å². The van der Waals surface area contributed by atoms with Crippen molar-refractivity contribution in [1.82, 2.24) is 15.2 Å². The maximum Gasteiger partial charge on any atom is 0.312 e. The number of carbonyl (C=O) groups excluding carboxylic acids is 2. The predicted molar refractivity (Wildman–Crippen MR) is 104 cm³/mol. The smallest absolute Gasteiger partial charge is 0.312 e. The Kier molecular flexibility index (Phi) is 6.44. The molecular weight excluding hydrogens is 348 g/mol. The molecule has 1 fully saturated rings. The van der Waals surface area contributed by atoms with Gasteiger partial charge >= 0.3 is 6.03 Å². The van der Waals surface area contributed by atoms with Crippen LogP contribution in [-0.2, 0) is 4.79 Å². The number of nitrogens with zero attached hydrogens (tertiary/aromatic N) is 2. The van der Waals surface area contributed by atoms with Gasteiger partial charge in [-0.3, -0.25) is 4.79 Å². The number of amides is 3. The van der Waals surface area contributed by atoms with Crippen LogP contribution in [0.4, 0.5) is 4.79 Å². The van der Waals surface area contributed by atoms with E-state index < -0.39 is 6.03 Å². The third kappa shape index (κ3) is 4.94. The molecule has 0 unspecified atom stereocenters. The summed E-state index contributed by atoms with van der Waals surface area (Å²) in [6.45, 7) is 2.21. The molecule has 6 nitrogen and oxygen atoms in total. The molecule has 26 heavy (non-hydrogen) atoms. The molecule has 3 N–H and O–H groups in total. The van der Waals surface area contributed by atoms with E-state index in [9.17, 15) is 9.59 Å². The first kappa shape index (κ1) is 18.6. The van der Waals surface area contributed by atoms with Gasteiger partial charge in [-0.1, -0.05) is 18.6 Å². The number of aromatic nitrogens is 1. The Morgan fingerprint density at radius 1 is 1.27 bits per heavy atom.